The largest absolute Gasteiger partial charge is 0.448 e. The van der Waals surface area contributed by atoms with Crippen LogP contribution in [0.1, 0.15) is 0 Å². The Balaban J connectivity index is 2.53. The van der Waals surface area contributed by atoms with Crippen LogP contribution in [0.4, 0.5) is 16.3 Å². The van der Waals surface area contributed by atoms with E-state index in [1.807, 2.05) is 0 Å². The second-order valence-corrected chi connectivity index (χ2v) is 2.73. The fourth-order valence-corrected chi connectivity index (χ4v) is 1.02. The molecule has 0 saturated carbocycles. The molecule has 0 bridgehead atoms. The molecule has 16 heavy (non-hydrogen) atoms. The molecule has 1 heterocycles. The molecular formula is C8H10N4O4. The van der Waals surface area contributed by atoms with Gasteiger partial charge in [-0.3, -0.25) is 0 Å². The Bertz CT molecular complexity index is 395. The molecule has 0 aliphatic rings. The minimum Gasteiger partial charge on any atom is -0.448 e. The summed E-state index contributed by atoms with van der Waals surface area (Å²) < 4.78 is 4.45. The number of primary amides is 1. The molecule has 0 aliphatic carbocycles. The summed E-state index contributed by atoms with van der Waals surface area (Å²) in [6, 6.07) is 3.07. The van der Waals surface area contributed by atoms with E-state index in [-0.39, 0.29) is 24.7 Å². The van der Waals surface area contributed by atoms with Crippen LogP contribution < -0.4 is 11.1 Å². The lowest BCUT2D eigenvalue weighted by molar-refractivity contribution is -0.388. The molecule has 0 saturated heterocycles. The summed E-state index contributed by atoms with van der Waals surface area (Å²) in [7, 11) is 0. The van der Waals surface area contributed by atoms with Crippen LogP contribution in [0.15, 0.2) is 18.3 Å². The van der Waals surface area contributed by atoms with Gasteiger partial charge >= 0.3 is 11.9 Å². The number of nitrogens with two attached hydrogens (primary N) is 1. The van der Waals surface area contributed by atoms with E-state index in [0.717, 1.165) is 0 Å². The van der Waals surface area contributed by atoms with Crippen molar-refractivity contribution in [3.05, 3.63) is 28.4 Å². The SMILES string of the molecule is NC(=O)OCCNc1cccnc1[N+](=O)[O-]. The first-order valence-electron chi connectivity index (χ1n) is 4.37. The van der Waals surface area contributed by atoms with E-state index in [9.17, 15) is 14.9 Å². The van der Waals surface area contributed by atoms with Crippen LogP contribution in [0, 0.1) is 10.1 Å². The highest BCUT2D eigenvalue weighted by atomic mass is 16.6. The van der Waals surface area contributed by atoms with Crippen molar-refractivity contribution >= 4 is 17.6 Å². The van der Waals surface area contributed by atoms with Crippen LogP contribution in [0.25, 0.3) is 0 Å². The average Bonchev–Trinajstić information content (AvgIpc) is 2.24. The van der Waals surface area contributed by atoms with E-state index >= 15 is 0 Å². The molecule has 1 aromatic heterocycles. The number of amides is 1. The predicted octanol–water partition coefficient (Wildman–Crippen LogP) is 0.497. The van der Waals surface area contributed by atoms with Crippen LogP contribution in [0.3, 0.4) is 0 Å². The van der Waals surface area contributed by atoms with Gasteiger partial charge in [0.2, 0.25) is 0 Å². The summed E-state index contributed by atoms with van der Waals surface area (Å²) in [5.41, 5.74) is 5.00. The third-order valence-electron chi connectivity index (χ3n) is 1.62. The first-order valence-corrected chi connectivity index (χ1v) is 4.37. The number of nitrogens with zero attached hydrogens (tertiary/aromatic N) is 2. The molecule has 0 aromatic carbocycles. The Morgan fingerprint density at radius 2 is 2.44 bits per heavy atom. The van der Waals surface area contributed by atoms with Gasteiger partial charge in [0.1, 0.15) is 18.5 Å². The molecule has 3 N–H and O–H groups in total. The van der Waals surface area contributed by atoms with Crippen LogP contribution in [0.5, 0.6) is 0 Å². The lowest BCUT2D eigenvalue weighted by Crippen LogP contribution is -2.18. The van der Waals surface area contributed by atoms with Gasteiger partial charge in [0.05, 0.1) is 0 Å². The van der Waals surface area contributed by atoms with Gasteiger partial charge in [-0.05, 0) is 22.0 Å². The highest BCUT2D eigenvalue weighted by molar-refractivity contribution is 5.64. The molecule has 1 amide bonds. The molecule has 8 heteroatoms. The Hall–Kier alpha value is -2.38. The highest BCUT2D eigenvalue weighted by Gasteiger charge is 2.12. The van der Waals surface area contributed by atoms with Crippen molar-refractivity contribution in [2.24, 2.45) is 5.73 Å². The van der Waals surface area contributed by atoms with Gasteiger partial charge in [-0.1, -0.05) is 0 Å². The van der Waals surface area contributed by atoms with Gasteiger partial charge in [-0.25, -0.2) is 4.79 Å². The van der Waals surface area contributed by atoms with Gasteiger partial charge in [-0.15, -0.1) is 0 Å². The molecular weight excluding hydrogens is 216 g/mol. The fraction of sp³-hybridized carbons (Fsp3) is 0.250. The molecule has 1 aromatic rings. The summed E-state index contributed by atoms with van der Waals surface area (Å²) >= 11 is 0. The zero-order chi connectivity index (χ0) is 12.0. The van der Waals surface area contributed by atoms with E-state index < -0.39 is 11.0 Å². The molecule has 0 unspecified atom stereocenters. The maximum absolute atomic E-state index is 10.6. The van der Waals surface area contributed by atoms with Crippen molar-refractivity contribution in [1.29, 1.82) is 0 Å². The minimum absolute atomic E-state index is 0.0291. The number of rotatable bonds is 5. The van der Waals surface area contributed by atoms with Crippen LogP contribution in [0.2, 0.25) is 0 Å². The van der Waals surface area contributed by atoms with E-state index in [2.05, 4.69) is 15.0 Å². The van der Waals surface area contributed by atoms with Crippen molar-refractivity contribution in [3.8, 4) is 0 Å². The van der Waals surface area contributed by atoms with Crippen LogP contribution in [-0.4, -0.2) is 29.2 Å². The molecule has 0 spiro atoms. The minimum atomic E-state index is -0.887. The standard InChI is InChI=1S/C8H10N4O4/c9-8(13)16-5-4-10-6-2-1-3-11-7(6)12(14)15/h1-3,10H,4-5H2,(H2,9,13). The van der Waals surface area contributed by atoms with Crippen molar-refractivity contribution in [2.45, 2.75) is 0 Å². The fourth-order valence-electron chi connectivity index (χ4n) is 1.02. The molecule has 0 fully saturated rings. The zero-order valence-electron chi connectivity index (χ0n) is 8.25. The van der Waals surface area contributed by atoms with Crippen molar-refractivity contribution in [2.75, 3.05) is 18.5 Å². The average molecular weight is 226 g/mol. The zero-order valence-corrected chi connectivity index (χ0v) is 8.25. The maximum Gasteiger partial charge on any atom is 0.404 e. The monoisotopic (exact) mass is 226 g/mol. The molecule has 1 rings (SSSR count). The number of aromatic nitrogens is 1. The predicted molar refractivity (Wildman–Crippen MR) is 54.9 cm³/mol. The lowest BCUT2D eigenvalue weighted by atomic mass is 10.4. The van der Waals surface area contributed by atoms with E-state index in [1.165, 1.54) is 12.3 Å². The Morgan fingerprint density at radius 3 is 3.06 bits per heavy atom. The van der Waals surface area contributed by atoms with E-state index in [1.54, 1.807) is 6.07 Å². The summed E-state index contributed by atoms with van der Waals surface area (Å²) in [6.45, 7) is 0.247. The second-order valence-electron chi connectivity index (χ2n) is 2.73. The highest BCUT2D eigenvalue weighted by Crippen LogP contribution is 2.19. The maximum atomic E-state index is 10.6. The number of nitrogens with one attached hydrogen (secondary N) is 1. The third kappa shape index (κ3) is 3.40. The van der Waals surface area contributed by atoms with Crippen molar-refractivity contribution in [1.82, 2.24) is 4.98 Å². The molecule has 86 valence electrons. The number of hydrogen-bond donors (Lipinski definition) is 2. The normalized spacial score (nSPS) is 9.50. The van der Waals surface area contributed by atoms with Crippen molar-refractivity contribution in [3.63, 3.8) is 0 Å². The Kier molecular flexibility index (Phi) is 4.01. The number of nitro groups is 1. The topological polar surface area (TPSA) is 120 Å². The van der Waals surface area contributed by atoms with Gasteiger partial charge in [0.15, 0.2) is 0 Å². The number of carbonyl (C=O) groups is 1. The molecule has 0 atom stereocenters. The van der Waals surface area contributed by atoms with E-state index in [0.29, 0.717) is 0 Å². The third-order valence-corrected chi connectivity index (χ3v) is 1.62. The first kappa shape index (κ1) is 11.7. The van der Waals surface area contributed by atoms with Gasteiger partial charge in [0.25, 0.3) is 0 Å². The first-order chi connectivity index (χ1) is 7.61. The van der Waals surface area contributed by atoms with Gasteiger partial charge < -0.3 is 25.9 Å². The number of anilines is 1. The molecule has 0 radical (unpaired) electrons. The second kappa shape index (κ2) is 5.49. The summed E-state index contributed by atoms with van der Waals surface area (Å²) in [4.78, 5) is 23.8. The molecule has 8 nitrogen and oxygen atoms in total. The quantitative estimate of drug-likeness (QED) is 0.428. The van der Waals surface area contributed by atoms with E-state index in [4.69, 9.17) is 5.73 Å². The number of pyridine rings is 1. The van der Waals surface area contributed by atoms with Gasteiger partial charge in [-0.2, -0.15) is 0 Å². The number of carbonyl (C=O) groups excluding carboxylic acids is 1. The van der Waals surface area contributed by atoms with Gasteiger partial charge in [0, 0.05) is 6.54 Å². The van der Waals surface area contributed by atoms with Crippen LogP contribution >= 0.6 is 0 Å². The summed E-state index contributed by atoms with van der Waals surface area (Å²) in [5, 5.41) is 13.3. The Labute approximate surface area is 90.6 Å². The number of ether oxygens (including phenoxy) is 1. The van der Waals surface area contributed by atoms with Crippen molar-refractivity contribution < 1.29 is 14.5 Å². The summed E-state index contributed by atoms with van der Waals surface area (Å²) in [5.74, 6) is -0.276. The van der Waals surface area contributed by atoms with Crippen LogP contribution in [-0.2, 0) is 4.74 Å². The number of hydrogen-bond acceptors (Lipinski definition) is 6. The summed E-state index contributed by atoms with van der Waals surface area (Å²) in [6.07, 6.45) is 0.436. The smallest absolute Gasteiger partial charge is 0.404 e. The molecule has 0 aliphatic heterocycles. The lowest BCUT2D eigenvalue weighted by Gasteiger charge is -2.05. The Morgan fingerprint density at radius 1 is 1.69 bits per heavy atom.